The quantitative estimate of drug-likeness (QED) is 0.596. The van der Waals surface area contributed by atoms with Crippen LogP contribution in [0.1, 0.15) is 12.8 Å². The maximum Gasteiger partial charge on any atom is 0.271 e. The zero-order valence-corrected chi connectivity index (χ0v) is 10.8. The number of anilines is 1. The average Bonchev–Trinajstić information content (AvgIpc) is 2.91. The van der Waals surface area contributed by atoms with Crippen molar-refractivity contribution < 1.29 is 10.0 Å². The van der Waals surface area contributed by atoms with E-state index in [1.165, 1.54) is 6.07 Å². The average molecular weight is 265 g/mol. The lowest BCUT2D eigenvalue weighted by molar-refractivity contribution is -0.384. The molecule has 0 amide bonds. The zero-order chi connectivity index (χ0) is 13.7. The number of hydrogen-bond acceptors (Lipinski definition) is 5. The fourth-order valence-corrected chi connectivity index (χ4v) is 2.43. The predicted octanol–water partition coefficient (Wildman–Crippen LogP) is 1.15. The highest BCUT2D eigenvalue weighted by molar-refractivity contribution is 5.53. The molecule has 1 saturated heterocycles. The largest absolute Gasteiger partial charge is 0.395 e. The first-order valence-electron chi connectivity index (χ1n) is 6.54. The van der Waals surface area contributed by atoms with E-state index in [2.05, 4.69) is 5.32 Å². The summed E-state index contributed by atoms with van der Waals surface area (Å²) in [5.74, 6) is 0. The molecular formula is C13H19N3O3. The van der Waals surface area contributed by atoms with E-state index in [1.807, 2.05) is 11.0 Å². The number of non-ortho nitro benzene ring substituents is 1. The smallest absolute Gasteiger partial charge is 0.271 e. The normalized spacial score (nSPS) is 18.5. The summed E-state index contributed by atoms with van der Waals surface area (Å²) < 4.78 is 0. The van der Waals surface area contributed by atoms with Crippen molar-refractivity contribution >= 4 is 11.4 Å². The molecule has 1 aromatic rings. The minimum Gasteiger partial charge on any atom is -0.395 e. The van der Waals surface area contributed by atoms with Crippen LogP contribution in [0.4, 0.5) is 11.4 Å². The highest BCUT2D eigenvalue weighted by atomic mass is 16.6. The molecule has 2 rings (SSSR count). The van der Waals surface area contributed by atoms with Crippen molar-refractivity contribution in [3.8, 4) is 0 Å². The van der Waals surface area contributed by atoms with Gasteiger partial charge in [0.15, 0.2) is 0 Å². The van der Waals surface area contributed by atoms with Crippen molar-refractivity contribution in [2.75, 3.05) is 31.1 Å². The van der Waals surface area contributed by atoms with Crippen molar-refractivity contribution in [3.63, 3.8) is 0 Å². The predicted molar refractivity (Wildman–Crippen MR) is 73.4 cm³/mol. The molecule has 2 N–H and O–H groups in total. The van der Waals surface area contributed by atoms with Gasteiger partial charge in [0.2, 0.25) is 0 Å². The molecule has 19 heavy (non-hydrogen) atoms. The summed E-state index contributed by atoms with van der Waals surface area (Å²) in [7, 11) is 0. The third-order valence-corrected chi connectivity index (χ3v) is 3.38. The summed E-state index contributed by atoms with van der Waals surface area (Å²) in [6.07, 6.45) is 2.27. The summed E-state index contributed by atoms with van der Waals surface area (Å²) in [5.41, 5.74) is 0.872. The summed E-state index contributed by atoms with van der Waals surface area (Å²) >= 11 is 0. The second kappa shape index (κ2) is 6.49. The molecule has 1 heterocycles. The minimum atomic E-state index is -0.394. The second-order valence-corrected chi connectivity index (χ2v) is 4.74. The van der Waals surface area contributed by atoms with Gasteiger partial charge in [-0.05, 0) is 25.5 Å². The number of nitro groups is 1. The van der Waals surface area contributed by atoms with E-state index in [9.17, 15) is 10.1 Å². The summed E-state index contributed by atoms with van der Waals surface area (Å²) in [5, 5.41) is 23.4. The van der Waals surface area contributed by atoms with E-state index in [1.54, 1.807) is 12.1 Å². The number of benzene rings is 1. The van der Waals surface area contributed by atoms with Crippen LogP contribution >= 0.6 is 0 Å². The molecule has 1 unspecified atom stereocenters. The SMILES string of the molecule is O=[N+]([O-])c1cccc(N(CCO)CC2CCCN2)c1. The van der Waals surface area contributed by atoms with Gasteiger partial charge in [-0.3, -0.25) is 10.1 Å². The monoisotopic (exact) mass is 265 g/mol. The van der Waals surface area contributed by atoms with Crippen LogP contribution in [0.25, 0.3) is 0 Å². The zero-order valence-electron chi connectivity index (χ0n) is 10.8. The highest BCUT2D eigenvalue weighted by Gasteiger charge is 2.19. The van der Waals surface area contributed by atoms with E-state index in [4.69, 9.17) is 5.11 Å². The summed E-state index contributed by atoms with van der Waals surface area (Å²) in [6, 6.07) is 6.96. The van der Waals surface area contributed by atoms with Crippen molar-refractivity contribution in [2.45, 2.75) is 18.9 Å². The molecule has 1 fully saturated rings. The number of nitrogens with zero attached hydrogens (tertiary/aromatic N) is 2. The second-order valence-electron chi connectivity index (χ2n) is 4.74. The van der Waals surface area contributed by atoms with Gasteiger partial charge in [0.1, 0.15) is 0 Å². The maximum atomic E-state index is 10.8. The minimum absolute atomic E-state index is 0.0371. The first-order valence-corrected chi connectivity index (χ1v) is 6.54. The fourth-order valence-electron chi connectivity index (χ4n) is 2.43. The standard InChI is InChI=1S/C13H19N3O3/c17-8-7-15(10-11-3-2-6-14-11)12-4-1-5-13(9-12)16(18)19/h1,4-5,9,11,14,17H,2-3,6-8,10H2. The van der Waals surface area contributed by atoms with Crippen LogP contribution in [0, 0.1) is 10.1 Å². The van der Waals surface area contributed by atoms with Gasteiger partial charge in [0.05, 0.1) is 11.5 Å². The van der Waals surface area contributed by atoms with Crippen LogP contribution in [0.2, 0.25) is 0 Å². The Hall–Kier alpha value is -1.66. The van der Waals surface area contributed by atoms with E-state index in [0.717, 1.165) is 31.6 Å². The lowest BCUT2D eigenvalue weighted by Gasteiger charge is -2.27. The number of nitro benzene ring substituents is 1. The number of rotatable bonds is 6. The van der Waals surface area contributed by atoms with Crippen molar-refractivity contribution in [1.82, 2.24) is 5.32 Å². The number of aliphatic hydroxyl groups excluding tert-OH is 1. The van der Waals surface area contributed by atoms with Gasteiger partial charge in [0, 0.05) is 37.0 Å². The van der Waals surface area contributed by atoms with Gasteiger partial charge in [-0.2, -0.15) is 0 Å². The Bertz CT molecular complexity index is 433. The molecule has 1 atom stereocenters. The molecular weight excluding hydrogens is 246 g/mol. The Morgan fingerprint density at radius 1 is 1.53 bits per heavy atom. The van der Waals surface area contributed by atoms with Crippen LogP contribution in [-0.4, -0.2) is 42.3 Å². The maximum absolute atomic E-state index is 10.8. The molecule has 0 radical (unpaired) electrons. The molecule has 0 aromatic heterocycles. The number of aliphatic hydroxyl groups is 1. The van der Waals surface area contributed by atoms with Crippen LogP contribution in [0.3, 0.4) is 0 Å². The molecule has 1 aliphatic heterocycles. The third kappa shape index (κ3) is 3.65. The molecule has 6 heteroatoms. The molecule has 1 aromatic carbocycles. The van der Waals surface area contributed by atoms with E-state index >= 15 is 0 Å². The Kier molecular flexibility index (Phi) is 4.70. The van der Waals surface area contributed by atoms with Crippen LogP contribution in [0.5, 0.6) is 0 Å². The first kappa shape index (κ1) is 13.8. The molecule has 1 aliphatic rings. The van der Waals surface area contributed by atoms with Crippen molar-refractivity contribution in [2.24, 2.45) is 0 Å². The van der Waals surface area contributed by atoms with Crippen molar-refractivity contribution in [3.05, 3.63) is 34.4 Å². The van der Waals surface area contributed by atoms with Gasteiger partial charge in [-0.1, -0.05) is 6.07 Å². The molecule has 0 bridgehead atoms. The molecule has 0 aliphatic carbocycles. The van der Waals surface area contributed by atoms with E-state index in [0.29, 0.717) is 12.6 Å². The fraction of sp³-hybridized carbons (Fsp3) is 0.538. The van der Waals surface area contributed by atoms with Crippen LogP contribution in [0.15, 0.2) is 24.3 Å². The lowest BCUT2D eigenvalue weighted by Crippen LogP contribution is -2.39. The van der Waals surface area contributed by atoms with Crippen LogP contribution in [-0.2, 0) is 0 Å². The molecule has 6 nitrogen and oxygen atoms in total. The molecule has 0 spiro atoms. The number of nitrogens with one attached hydrogen (secondary N) is 1. The Labute approximate surface area is 112 Å². The van der Waals surface area contributed by atoms with Crippen molar-refractivity contribution in [1.29, 1.82) is 0 Å². The van der Waals surface area contributed by atoms with Gasteiger partial charge >= 0.3 is 0 Å². The topological polar surface area (TPSA) is 78.6 Å². The Morgan fingerprint density at radius 3 is 3.00 bits per heavy atom. The van der Waals surface area contributed by atoms with Gasteiger partial charge < -0.3 is 15.3 Å². The van der Waals surface area contributed by atoms with Gasteiger partial charge in [-0.15, -0.1) is 0 Å². The van der Waals surface area contributed by atoms with Gasteiger partial charge in [-0.25, -0.2) is 0 Å². The van der Waals surface area contributed by atoms with Gasteiger partial charge in [0.25, 0.3) is 5.69 Å². The van der Waals surface area contributed by atoms with E-state index < -0.39 is 4.92 Å². The van der Waals surface area contributed by atoms with Crippen LogP contribution < -0.4 is 10.2 Å². The van der Waals surface area contributed by atoms with E-state index in [-0.39, 0.29) is 12.3 Å². The Balaban J connectivity index is 2.12. The molecule has 0 saturated carbocycles. The third-order valence-electron chi connectivity index (χ3n) is 3.38. The summed E-state index contributed by atoms with van der Waals surface area (Å²) in [6.45, 7) is 2.31. The Morgan fingerprint density at radius 2 is 2.37 bits per heavy atom. The highest BCUT2D eigenvalue weighted by Crippen LogP contribution is 2.22. The molecule has 104 valence electrons. The lowest BCUT2D eigenvalue weighted by atomic mass is 10.2. The first-order chi connectivity index (χ1) is 9.20. The summed E-state index contributed by atoms with van der Waals surface area (Å²) in [4.78, 5) is 12.4. The number of hydrogen-bond donors (Lipinski definition) is 2.